The number of likely N-dealkylation sites (N-methyl/N-ethyl adjacent to an activating group) is 1. The van der Waals surface area contributed by atoms with Crippen LogP contribution in [0.5, 0.6) is 5.75 Å². The van der Waals surface area contributed by atoms with Crippen molar-refractivity contribution in [3.8, 4) is 5.75 Å². The number of rotatable bonds is 4. The van der Waals surface area contributed by atoms with Crippen molar-refractivity contribution in [2.75, 3.05) is 40.4 Å². The molecule has 0 bridgehead atoms. The van der Waals surface area contributed by atoms with Gasteiger partial charge in [-0.1, -0.05) is 12.1 Å². The molecule has 0 spiro atoms. The van der Waals surface area contributed by atoms with Crippen LogP contribution in [0.2, 0.25) is 0 Å². The molecular formula is C18H28N2O2. The molecule has 2 fully saturated rings. The van der Waals surface area contributed by atoms with Crippen LogP contribution in [0.15, 0.2) is 24.3 Å². The zero-order valence-corrected chi connectivity index (χ0v) is 13.8. The largest absolute Gasteiger partial charge is 0.497 e. The van der Waals surface area contributed by atoms with E-state index in [1.54, 1.807) is 7.11 Å². The Morgan fingerprint density at radius 1 is 1.32 bits per heavy atom. The second-order valence-electron chi connectivity index (χ2n) is 6.96. The van der Waals surface area contributed by atoms with Gasteiger partial charge in [0.15, 0.2) is 0 Å². The molecule has 1 aromatic rings. The Kier molecular flexibility index (Phi) is 4.71. The zero-order valence-electron chi connectivity index (χ0n) is 13.8. The van der Waals surface area contributed by atoms with Crippen LogP contribution in [0, 0.1) is 5.41 Å². The molecule has 0 saturated carbocycles. The van der Waals surface area contributed by atoms with Crippen LogP contribution in [0.25, 0.3) is 0 Å². The maximum absolute atomic E-state index is 9.98. The predicted molar refractivity (Wildman–Crippen MR) is 88.1 cm³/mol. The highest BCUT2D eigenvalue weighted by Gasteiger charge is 2.46. The summed E-state index contributed by atoms with van der Waals surface area (Å²) in [4.78, 5) is 4.98. The highest BCUT2D eigenvalue weighted by atomic mass is 16.5. The van der Waals surface area contributed by atoms with Gasteiger partial charge in [-0.25, -0.2) is 0 Å². The van der Waals surface area contributed by atoms with E-state index in [1.165, 1.54) is 18.4 Å². The van der Waals surface area contributed by atoms with E-state index in [4.69, 9.17) is 4.74 Å². The van der Waals surface area contributed by atoms with E-state index in [0.29, 0.717) is 12.6 Å². The van der Waals surface area contributed by atoms with Crippen LogP contribution in [-0.2, 0) is 6.54 Å². The number of piperidine rings is 2. The zero-order chi connectivity index (χ0) is 15.6. The molecule has 0 amide bonds. The predicted octanol–water partition coefficient (Wildman–Crippen LogP) is 1.97. The smallest absolute Gasteiger partial charge is 0.119 e. The molecular weight excluding hydrogens is 276 g/mol. The molecule has 22 heavy (non-hydrogen) atoms. The Morgan fingerprint density at radius 3 is 2.95 bits per heavy atom. The molecule has 0 aromatic heterocycles. The highest BCUT2D eigenvalue weighted by molar-refractivity contribution is 5.28. The van der Waals surface area contributed by atoms with Gasteiger partial charge in [0.05, 0.1) is 13.7 Å². The van der Waals surface area contributed by atoms with Crippen LogP contribution in [0.1, 0.15) is 24.8 Å². The Balaban J connectivity index is 1.70. The van der Waals surface area contributed by atoms with Crippen molar-refractivity contribution in [1.82, 2.24) is 9.80 Å². The van der Waals surface area contributed by atoms with E-state index in [9.17, 15) is 5.11 Å². The van der Waals surface area contributed by atoms with Gasteiger partial charge in [-0.2, -0.15) is 0 Å². The number of hydrogen-bond acceptors (Lipinski definition) is 4. The molecule has 2 saturated heterocycles. The fourth-order valence-electron chi connectivity index (χ4n) is 4.25. The van der Waals surface area contributed by atoms with Gasteiger partial charge < -0.3 is 14.7 Å². The maximum atomic E-state index is 9.98. The minimum Gasteiger partial charge on any atom is -0.497 e. The summed E-state index contributed by atoms with van der Waals surface area (Å²) in [5.41, 5.74) is 1.42. The van der Waals surface area contributed by atoms with Gasteiger partial charge in [-0.15, -0.1) is 0 Å². The molecule has 2 aliphatic heterocycles. The number of hydrogen-bond donors (Lipinski definition) is 1. The number of methoxy groups -OCH3 is 1. The standard InChI is InChI=1S/C18H28N2O2/c1-19-9-4-7-18(14-21)8-10-20(13-17(18)19)12-15-5-3-6-16(11-15)22-2/h3,5-6,11,17,21H,4,7-10,12-14H2,1-2H3/t17-,18-/m1/s1. The van der Waals surface area contributed by atoms with Crippen molar-refractivity contribution in [3.63, 3.8) is 0 Å². The van der Waals surface area contributed by atoms with Crippen LogP contribution >= 0.6 is 0 Å². The normalized spacial score (nSPS) is 30.0. The van der Waals surface area contributed by atoms with Crippen molar-refractivity contribution in [2.24, 2.45) is 5.41 Å². The Labute approximate surface area is 133 Å². The lowest BCUT2D eigenvalue weighted by Gasteiger charge is -2.53. The monoisotopic (exact) mass is 304 g/mol. The first kappa shape index (κ1) is 15.8. The number of ether oxygens (including phenoxy) is 1. The summed E-state index contributed by atoms with van der Waals surface area (Å²) < 4.78 is 5.32. The summed E-state index contributed by atoms with van der Waals surface area (Å²) in [5.74, 6) is 0.925. The van der Waals surface area contributed by atoms with E-state index < -0.39 is 0 Å². The lowest BCUT2D eigenvalue weighted by atomic mass is 9.69. The number of benzene rings is 1. The molecule has 0 unspecified atom stereocenters. The molecule has 2 aliphatic rings. The average Bonchev–Trinajstić information content (AvgIpc) is 2.56. The molecule has 122 valence electrons. The van der Waals surface area contributed by atoms with Crippen molar-refractivity contribution < 1.29 is 9.84 Å². The van der Waals surface area contributed by atoms with E-state index >= 15 is 0 Å². The van der Waals surface area contributed by atoms with E-state index in [2.05, 4.69) is 35.0 Å². The molecule has 4 nitrogen and oxygen atoms in total. The number of nitrogens with zero attached hydrogens (tertiary/aromatic N) is 2. The van der Waals surface area contributed by atoms with Gasteiger partial charge in [0.2, 0.25) is 0 Å². The summed E-state index contributed by atoms with van der Waals surface area (Å²) in [5, 5.41) is 9.98. The van der Waals surface area contributed by atoms with Gasteiger partial charge in [0, 0.05) is 24.5 Å². The topological polar surface area (TPSA) is 35.9 Å². The minimum atomic E-state index is 0.123. The van der Waals surface area contributed by atoms with Crippen molar-refractivity contribution in [1.29, 1.82) is 0 Å². The summed E-state index contributed by atoms with van der Waals surface area (Å²) in [7, 11) is 3.93. The van der Waals surface area contributed by atoms with Crippen molar-refractivity contribution >= 4 is 0 Å². The molecule has 2 heterocycles. The lowest BCUT2D eigenvalue weighted by molar-refractivity contribution is -0.0684. The SMILES string of the molecule is COc1cccc(CN2CC[C@@]3(CO)CCCN(C)[C@@H]3C2)c1. The number of fused-ring (bicyclic) bond motifs is 1. The van der Waals surface area contributed by atoms with Gasteiger partial charge >= 0.3 is 0 Å². The first-order chi connectivity index (χ1) is 10.7. The third-order valence-corrected chi connectivity index (χ3v) is 5.64. The number of aliphatic hydroxyl groups is 1. The van der Waals surface area contributed by atoms with Gasteiger partial charge in [-0.05, 0) is 57.1 Å². The second-order valence-corrected chi connectivity index (χ2v) is 6.96. The van der Waals surface area contributed by atoms with Crippen LogP contribution in [0.3, 0.4) is 0 Å². The lowest BCUT2D eigenvalue weighted by Crippen LogP contribution is -2.61. The number of likely N-dealkylation sites (tertiary alicyclic amines) is 2. The molecule has 0 aliphatic carbocycles. The Morgan fingerprint density at radius 2 is 2.18 bits per heavy atom. The first-order valence-electron chi connectivity index (χ1n) is 8.33. The molecule has 1 aromatic carbocycles. The fraction of sp³-hybridized carbons (Fsp3) is 0.667. The first-order valence-corrected chi connectivity index (χ1v) is 8.33. The molecule has 0 radical (unpaired) electrons. The third kappa shape index (κ3) is 3.00. The van der Waals surface area contributed by atoms with E-state index in [0.717, 1.165) is 38.3 Å². The van der Waals surface area contributed by atoms with Crippen LogP contribution in [-0.4, -0.2) is 61.3 Å². The highest BCUT2D eigenvalue weighted by Crippen LogP contribution is 2.41. The molecule has 4 heteroatoms. The summed E-state index contributed by atoms with van der Waals surface area (Å²) >= 11 is 0. The van der Waals surface area contributed by atoms with E-state index in [-0.39, 0.29) is 5.41 Å². The summed E-state index contributed by atoms with van der Waals surface area (Å²) in [6.07, 6.45) is 3.48. The second kappa shape index (κ2) is 6.57. The summed E-state index contributed by atoms with van der Waals surface area (Å²) in [6.45, 7) is 4.56. The third-order valence-electron chi connectivity index (χ3n) is 5.64. The Hall–Kier alpha value is -1.10. The van der Waals surface area contributed by atoms with Crippen molar-refractivity contribution in [3.05, 3.63) is 29.8 Å². The summed E-state index contributed by atoms with van der Waals surface area (Å²) in [6, 6.07) is 8.82. The molecule has 2 atom stereocenters. The average molecular weight is 304 g/mol. The van der Waals surface area contributed by atoms with Crippen molar-refractivity contribution in [2.45, 2.75) is 31.8 Å². The van der Waals surface area contributed by atoms with Crippen LogP contribution in [0.4, 0.5) is 0 Å². The van der Waals surface area contributed by atoms with Gasteiger partial charge in [0.25, 0.3) is 0 Å². The maximum Gasteiger partial charge on any atom is 0.119 e. The molecule has 1 N–H and O–H groups in total. The quantitative estimate of drug-likeness (QED) is 0.923. The Bertz CT molecular complexity index is 508. The fourth-order valence-corrected chi connectivity index (χ4v) is 4.25. The van der Waals surface area contributed by atoms with Gasteiger partial charge in [-0.3, -0.25) is 4.90 Å². The molecule has 3 rings (SSSR count). The van der Waals surface area contributed by atoms with E-state index in [1.807, 2.05) is 6.07 Å². The number of aliphatic hydroxyl groups excluding tert-OH is 1. The van der Waals surface area contributed by atoms with Crippen LogP contribution < -0.4 is 4.74 Å². The minimum absolute atomic E-state index is 0.123. The van der Waals surface area contributed by atoms with Gasteiger partial charge in [0.1, 0.15) is 5.75 Å².